The van der Waals surface area contributed by atoms with E-state index < -0.39 is 0 Å². The number of likely N-dealkylation sites (N-methyl/N-ethyl adjacent to an activating group) is 1. The Bertz CT molecular complexity index is 240. The molecule has 0 amide bonds. The van der Waals surface area contributed by atoms with E-state index in [9.17, 15) is 0 Å². The standard InChI is InChI=1S/C14H30N2S/c1-12(2)6-8-16(5)14(10-15)11-17-9-7-13(14,3)4/h12H,6-11,15H2,1-5H3. The third kappa shape index (κ3) is 3.18. The van der Waals surface area contributed by atoms with E-state index in [1.165, 1.54) is 30.9 Å². The van der Waals surface area contributed by atoms with Crippen LogP contribution in [0, 0.1) is 11.3 Å². The van der Waals surface area contributed by atoms with Gasteiger partial charge in [-0.3, -0.25) is 4.90 Å². The third-order valence-corrected chi connectivity index (χ3v) is 5.76. The van der Waals surface area contributed by atoms with Crippen molar-refractivity contribution in [3.05, 3.63) is 0 Å². The molecule has 1 aliphatic heterocycles. The molecule has 1 rings (SSSR count). The Balaban J connectivity index is 2.78. The van der Waals surface area contributed by atoms with Gasteiger partial charge in [0.15, 0.2) is 0 Å². The van der Waals surface area contributed by atoms with E-state index in [1.54, 1.807) is 0 Å². The summed E-state index contributed by atoms with van der Waals surface area (Å²) in [6.45, 7) is 11.3. The van der Waals surface area contributed by atoms with Crippen molar-refractivity contribution < 1.29 is 0 Å². The number of hydrogen-bond donors (Lipinski definition) is 1. The molecule has 1 fully saturated rings. The SMILES string of the molecule is CC(C)CCN(C)C1(CN)CSCCC1(C)C. The van der Waals surface area contributed by atoms with Crippen LogP contribution in [0.15, 0.2) is 0 Å². The highest BCUT2D eigenvalue weighted by Gasteiger charge is 2.48. The summed E-state index contributed by atoms with van der Waals surface area (Å²) < 4.78 is 0. The number of hydrogen-bond acceptors (Lipinski definition) is 3. The van der Waals surface area contributed by atoms with Crippen molar-refractivity contribution in [3.63, 3.8) is 0 Å². The van der Waals surface area contributed by atoms with Gasteiger partial charge in [-0.1, -0.05) is 27.7 Å². The molecule has 2 nitrogen and oxygen atoms in total. The maximum atomic E-state index is 6.17. The van der Waals surface area contributed by atoms with E-state index in [2.05, 4.69) is 51.4 Å². The van der Waals surface area contributed by atoms with Gasteiger partial charge in [-0.25, -0.2) is 0 Å². The van der Waals surface area contributed by atoms with Crippen LogP contribution in [0.4, 0.5) is 0 Å². The summed E-state index contributed by atoms with van der Waals surface area (Å²) >= 11 is 2.07. The fraction of sp³-hybridized carbons (Fsp3) is 1.00. The molecule has 1 unspecified atom stereocenters. The maximum absolute atomic E-state index is 6.17. The lowest BCUT2D eigenvalue weighted by atomic mass is 9.69. The first-order valence-corrected chi connectivity index (χ1v) is 8.00. The molecule has 102 valence electrons. The molecule has 3 heteroatoms. The van der Waals surface area contributed by atoms with Gasteiger partial charge in [-0.05, 0) is 43.5 Å². The third-order valence-electron chi connectivity index (χ3n) is 4.58. The largest absolute Gasteiger partial charge is 0.329 e. The molecular weight excluding hydrogens is 228 g/mol. The fourth-order valence-corrected chi connectivity index (χ4v) is 4.65. The van der Waals surface area contributed by atoms with Crippen LogP contribution in [0.1, 0.15) is 40.5 Å². The van der Waals surface area contributed by atoms with Crippen LogP contribution in [0.25, 0.3) is 0 Å². The van der Waals surface area contributed by atoms with Crippen LogP contribution < -0.4 is 5.73 Å². The Hall–Kier alpha value is 0.270. The lowest BCUT2D eigenvalue weighted by molar-refractivity contribution is 0.0177. The molecule has 1 heterocycles. The Morgan fingerprint density at radius 3 is 2.47 bits per heavy atom. The van der Waals surface area contributed by atoms with Crippen molar-refractivity contribution in [2.24, 2.45) is 17.1 Å². The van der Waals surface area contributed by atoms with Gasteiger partial charge in [0.2, 0.25) is 0 Å². The number of thioether (sulfide) groups is 1. The summed E-state index contributed by atoms with van der Waals surface area (Å²) in [6.07, 6.45) is 2.54. The first-order valence-electron chi connectivity index (χ1n) is 6.85. The molecule has 2 N–H and O–H groups in total. The number of nitrogens with zero attached hydrogens (tertiary/aromatic N) is 1. The van der Waals surface area contributed by atoms with Crippen molar-refractivity contribution in [2.45, 2.75) is 46.1 Å². The van der Waals surface area contributed by atoms with Crippen LogP contribution in [0.3, 0.4) is 0 Å². The van der Waals surface area contributed by atoms with E-state index in [1.807, 2.05) is 0 Å². The molecule has 1 atom stereocenters. The van der Waals surface area contributed by atoms with Crippen molar-refractivity contribution >= 4 is 11.8 Å². The summed E-state index contributed by atoms with van der Waals surface area (Å²) in [7, 11) is 2.27. The average molecular weight is 258 g/mol. The Labute approximate surface area is 112 Å². The summed E-state index contributed by atoms with van der Waals surface area (Å²) in [5, 5.41) is 0. The van der Waals surface area contributed by atoms with Gasteiger partial charge in [0.1, 0.15) is 0 Å². The summed E-state index contributed by atoms with van der Waals surface area (Å²) in [4.78, 5) is 2.54. The highest BCUT2D eigenvalue weighted by Crippen LogP contribution is 2.45. The number of rotatable bonds is 5. The molecule has 0 aromatic carbocycles. The molecule has 0 aromatic heterocycles. The predicted octanol–water partition coefficient (Wildman–Crippen LogP) is 2.82. The summed E-state index contributed by atoms with van der Waals surface area (Å²) in [5.74, 6) is 3.24. The molecule has 0 aromatic rings. The second-order valence-electron chi connectivity index (χ2n) is 6.53. The molecule has 0 saturated carbocycles. The minimum absolute atomic E-state index is 0.185. The van der Waals surface area contributed by atoms with Crippen LogP contribution in [0.2, 0.25) is 0 Å². The Morgan fingerprint density at radius 2 is 2.00 bits per heavy atom. The molecule has 1 saturated heterocycles. The van der Waals surface area contributed by atoms with Crippen molar-refractivity contribution in [3.8, 4) is 0 Å². The molecule has 0 bridgehead atoms. The first-order chi connectivity index (χ1) is 7.85. The normalized spacial score (nSPS) is 28.9. The molecule has 17 heavy (non-hydrogen) atoms. The minimum Gasteiger partial charge on any atom is -0.329 e. The van der Waals surface area contributed by atoms with Crippen LogP contribution in [0.5, 0.6) is 0 Å². The lowest BCUT2D eigenvalue weighted by Crippen LogP contribution is -2.64. The van der Waals surface area contributed by atoms with Crippen LogP contribution in [-0.2, 0) is 0 Å². The van der Waals surface area contributed by atoms with Crippen molar-refractivity contribution in [2.75, 3.05) is 31.6 Å². The first kappa shape index (κ1) is 15.3. The maximum Gasteiger partial charge on any atom is 0.0469 e. The fourth-order valence-electron chi connectivity index (χ4n) is 2.78. The summed E-state index contributed by atoms with van der Waals surface area (Å²) in [6, 6.07) is 0. The van der Waals surface area contributed by atoms with Crippen molar-refractivity contribution in [1.29, 1.82) is 0 Å². The van der Waals surface area contributed by atoms with Gasteiger partial charge in [-0.2, -0.15) is 11.8 Å². The molecular formula is C14H30N2S. The van der Waals surface area contributed by atoms with E-state index in [0.717, 1.165) is 12.5 Å². The van der Waals surface area contributed by atoms with Gasteiger partial charge in [0.25, 0.3) is 0 Å². The molecule has 1 aliphatic rings. The van der Waals surface area contributed by atoms with E-state index in [4.69, 9.17) is 5.73 Å². The molecule has 0 spiro atoms. The van der Waals surface area contributed by atoms with Gasteiger partial charge in [-0.15, -0.1) is 0 Å². The predicted molar refractivity (Wildman–Crippen MR) is 79.6 cm³/mol. The van der Waals surface area contributed by atoms with E-state index in [0.29, 0.717) is 5.41 Å². The van der Waals surface area contributed by atoms with Crippen LogP contribution in [-0.4, -0.2) is 42.1 Å². The van der Waals surface area contributed by atoms with E-state index >= 15 is 0 Å². The highest BCUT2D eigenvalue weighted by molar-refractivity contribution is 7.99. The number of nitrogens with two attached hydrogens (primary N) is 1. The Morgan fingerprint density at radius 1 is 1.35 bits per heavy atom. The van der Waals surface area contributed by atoms with Gasteiger partial charge < -0.3 is 5.73 Å². The lowest BCUT2D eigenvalue weighted by Gasteiger charge is -2.54. The smallest absolute Gasteiger partial charge is 0.0469 e. The van der Waals surface area contributed by atoms with Gasteiger partial charge in [0.05, 0.1) is 0 Å². The second-order valence-corrected chi connectivity index (χ2v) is 7.63. The zero-order chi connectivity index (χ0) is 13.1. The highest BCUT2D eigenvalue weighted by atomic mass is 32.2. The monoisotopic (exact) mass is 258 g/mol. The second kappa shape index (κ2) is 5.94. The van der Waals surface area contributed by atoms with Gasteiger partial charge >= 0.3 is 0 Å². The van der Waals surface area contributed by atoms with Gasteiger partial charge in [0, 0.05) is 17.8 Å². The average Bonchev–Trinajstić information content (AvgIpc) is 2.25. The minimum atomic E-state index is 0.185. The molecule has 0 aliphatic carbocycles. The van der Waals surface area contributed by atoms with E-state index in [-0.39, 0.29) is 5.54 Å². The quantitative estimate of drug-likeness (QED) is 0.822. The van der Waals surface area contributed by atoms with Crippen molar-refractivity contribution in [1.82, 2.24) is 4.90 Å². The molecule has 0 radical (unpaired) electrons. The summed E-state index contributed by atoms with van der Waals surface area (Å²) in [5.41, 5.74) is 6.68. The van der Waals surface area contributed by atoms with Crippen LogP contribution >= 0.6 is 11.8 Å². The zero-order valence-electron chi connectivity index (χ0n) is 12.3. The Kier molecular flexibility index (Phi) is 5.36. The zero-order valence-corrected chi connectivity index (χ0v) is 13.1. The topological polar surface area (TPSA) is 29.3 Å².